The van der Waals surface area contributed by atoms with Crippen LogP contribution in [-0.2, 0) is 26.1 Å². The van der Waals surface area contributed by atoms with E-state index in [-0.39, 0.29) is 23.7 Å². The minimum absolute atomic E-state index is 0.0485. The number of aryl methyl sites for hydroxylation is 1. The molecule has 2 aliphatic rings. The second-order valence-corrected chi connectivity index (χ2v) is 11.1. The van der Waals surface area contributed by atoms with E-state index < -0.39 is 10.1 Å². The molecular formula is C27H35N3O7S. The fraction of sp³-hybridized carbons (Fsp3) is 0.444. The number of piperazine rings is 1. The molecule has 2 aromatic rings. The lowest BCUT2D eigenvalue weighted by Gasteiger charge is -2.34. The van der Waals surface area contributed by atoms with Crippen LogP contribution in [0, 0.1) is 0 Å². The number of likely N-dealkylation sites (N-methyl/N-ethyl adjacent to an activating group) is 1. The number of hydrogen-bond donors (Lipinski definition) is 1. The van der Waals surface area contributed by atoms with Gasteiger partial charge in [0.15, 0.2) is 0 Å². The zero-order valence-electron chi connectivity index (χ0n) is 22.0. The van der Waals surface area contributed by atoms with Crippen LogP contribution in [0.3, 0.4) is 0 Å². The highest BCUT2D eigenvalue weighted by atomic mass is 32.2. The molecule has 2 aromatic carbocycles. The monoisotopic (exact) mass is 545 g/mol. The van der Waals surface area contributed by atoms with Crippen molar-refractivity contribution in [1.29, 1.82) is 0 Å². The van der Waals surface area contributed by atoms with Gasteiger partial charge < -0.3 is 14.5 Å². The molecule has 0 aromatic heterocycles. The van der Waals surface area contributed by atoms with Crippen molar-refractivity contribution in [3.05, 3.63) is 65.2 Å². The van der Waals surface area contributed by atoms with Gasteiger partial charge in [0.2, 0.25) is 5.91 Å². The maximum atomic E-state index is 12.9. The quantitative estimate of drug-likeness (QED) is 0.344. The molecule has 0 radical (unpaired) electrons. The first kappa shape index (κ1) is 29.3. The van der Waals surface area contributed by atoms with E-state index in [9.17, 15) is 22.8 Å². The van der Waals surface area contributed by atoms with Crippen LogP contribution in [0.2, 0.25) is 0 Å². The molecule has 1 heterocycles. The first-order chi connectivity index (χ1) is 17.9. The summed E-state index contributed by atoms with van der Waals surface area (Å²) < 4.78 is 31.5. The van der Waals surface area contributed by atoms with Crippen molar-refractivity contribution in [3.63, 3.8) is 0 Å². The number of benzene rings is 2. The van der Waals surface area contributed by atoms with Gasteiger partial charge in [-0.15, -0.1) is 0 Å². The molecule has 1 saturated heterocycles. The summed E-state index contributed by atoms with van der Waals surface area (Å²) in [5.74, 6) is -0.0209. The molecule has 1 aliphatic carbocycles. The van der Waals surface area contributed by atoms with Crippen LogP contribution < -0.4 is 4.74 Å². The lowest BCUT2D eigenvalue weighted by Crippen LogP contribution is -2.51. The molecule has 38 heavy (non-hydrogen) atoms. The van der Waals surface area contributed by atoms with Gasteiger partial charge in [-0.05, 0) is 54.7 Å². The van der Waals surface area contributed by atoms with Gasteiger partial charge in [0.1, 0.15) is 5.75 Å². The zero-order valence-corrected chi connectivity index (χ0v) is 22.8. The SMILES string of the molecule is CN(C)C(=O)CN1CCN(C(=O)c2ccc(OC(=O)C3CCCc4ccccc43)cc2)CC1.CS(=O)(=O)O. The second-order valence-electron chi connectivity index (χ2n) is 9.68. The Kier molecular flexibility index (Phi) is 10.0. The smallest absolute Gasteiger partial charge is 0.318 e. The molecule has 0 saturated carbocycles. The maximum Gasteiger partial charge on any atom is 0.318 e. The summed E-state index contributed by atoms with van der Waals surface area (Å²) in [6.45, 7) is 2.88. The van der Waals surface area contributed by atoms with Crippen LogP contribution in [0.25, 0.3) is 0 Å². The Morgan fingerprint density at radius 3 is 2.21 bits per heavy atom. The molecule has 1 aliphatic heterocycles. The van der Waals surface area contributed by atoms with E-state index >= 15 is 0 Å². The fourth-order valence-corrected chi connectivity index (χ4v) is 4.48. The van der Waals surface area contributed by atoms with E-state index in [2.05, 4.69) is 11.0 Å². The molecule has 1 unspecified atom stereocenters. The zero-order chi connectivity index (χ0) is 27.9. The van der Waals surface area contributed by atoms with Gasteiger partial charge in [-0.1, -0.05) is 24.3 Å². The Hall–Kier alpha value is -3.28. The van der Waals surface area contributed by atoms with Gasteiger partial charge in [-0.3, -0.25) is 23.8 Å². The van der Waals surface area contributed by atoms with E-state index in [0.717, 1.165) is 24.8 Å². The summed E-state index contributed by atoms with van der Waals surface area (Å²) >= 11 is 0. The van der Waals surface area contributed by atoms with Crippen LogP contribution in [-0.4, -0.2) is 98.5 Å². The molecule has 0 spiro atoms. The highest BCUT2D eigenvalue weighted by molar-refractivity contribution is 7.85. The Balaban J connectivity index is 0.000000732. The van der Waals surface area contributed by atoms with E-state index in [1.54, 1.807) is 48.2 Å². The Morgan fingerprint density at radius 2 is 1.61 bits per heavy atom. The van der Waals surface area contributed by atoms with Crippen molar-refractivity contribution < 1.29 is 32.1 Å². The van der Waals surface area contributed by atoms with Crippen molar-refractivity contribution in [2.75, 3.05) is 53.1 Å². The predicted octanol–water partition coefficient (Wildman–Crippen LogP) is 2.06. The summed E-state index contributed by atoms with van der Waals surface area (Å²) in [6, 6.07) is 14.9. The molecule has 4 rings (SSSR count). The van der Waals surface area contributed by atoms with Crippen molar-refractivity contribution in [2.45, 2.75) is 25.2 Å². The van der Waals surface area contributed by atoms with Crippen molar-refractivity contribution in [3.8, 4) is 5.75 Å². The van der Waals surface area contributed by atoms with Crippen LogP contribution in [0.5, 0.6) is 5.75 Å². The van der Waals surface area contributed by atoms with E-state index in [0.29, 0.717) is 50.3 Å². The number of hydrogen-bond acceptors (Lipinski definition) is 7. The van der Waals surface area contributed by atoms with Gasteiger partial charge in [0.25, 0.3) is 16.0 Å². The standard InChI is InChI=1S/C26H31N3O4.CH4O3S/c1-27(2)24(30)18-28-14-16-29(17-15-28)25(31)20-10-12-21(13-11-20)33-26(32)23-9-5-7-19-6-3-4-8-22(19)23;1-5(2,3)4/h3-4,6,8,10-13,23H,5,7,9,14-18H2,1-2H3;1H3,(H,2,3,4). The molecule has 206 valence electrons. The summed E-state index contributed by atoms with van der Waals surface area (Å²) in [7, 11) is -0.172. The predicted molar refractivity (Wildman–Crippen MR) is 143 cm³/mol. The summed E-state index contributed by atoms with van der Waals surface area (Å²) in [4.78, 5) is 43.0. The Morgan fingerprint density at radius 1 is 1.00 bits per heavy atom. The second kappa shape index (κ2) is 13.0. The number of nitrogens with zero attached hydrogens (tertiary/aromatic N) is 3. The molecule has 1 atom stereocenters. The molecule has 11 heteroatoms. The molecule has 2 amide bonds. The molecule has 0 bridgehead atoms. The number of fused-ring (bicyclic) bond motifs is 1. The van der Waals surface area contributed by atoms with E-state index in [4.69, 9.17) is 9.29 Å². The number of carbonyl (C=O) groups is 3. The van der Waals surface area contributed by atoms with Crippen molar-refractivity contribution in [1.82, 2.24) is 14.7 Å². The molecule has 1 fully saturated rings. The minimum atomic E-state index is -3.67. The molecular weight excluding hydrogens is 510 g/mol. The first-order valence-corrected chi connectivity index (χ1v) is 14.3. The molecule has 10 nitrogen and oxygen atoms in total. The van der Waals surface area contributed by atoms with Gasteiger partial charge in [0, 0.05) is 45.8 Å². The molecule has 1 N–H and O–H groups in total. The lowest BCUT2D eigenvalue weighted by atomic mass is 9.83. The van der Waals surface area contributed by atoms with Crippen molar-refractivity contribution in [2.24, 2.45) is 0 Å². The Bertz CT molecular complexity index is 1230. The largest absolute Gasteiger partial charge is 0.426 e. The van der Waals surface area contributed by atoms with E-state index in [1.807, 2.05) is 18.2 Å². The number of amides is 2. The van der Waals surface area contributed by atoms with Gasteiger partial charge in [0.05, 0.1) is 18.7 Å². The average Bonchev–Trinajstić information content (AvgIpc) is 2.87. The average molecular weight is 546 g/mol. The fourth-order valence-electron chi connectivity index (χ4n) is 4.48. The minimum Gasteiger partial charge on any atom is -0.426 e. The lowest BCUT2D eigenvalue weighted by molar-refractivity contribution is -0.136. The number of ether oxygens (including phenoxy) is 1. The van der Waals surface area contributed by atoms with Crippen LogP contribution in [0.15, 0.2) is 48.5 Å². The van der Waals surface area contributed by atoms with Crippen molar-refractivity contribution >= 4 is 27.9 Å². The summed E-state index contributed by atoms with van der Waals surface area (Å²) in [5.41, 5.74) is 2.85. The number of rotatable bonds is 5. The van der Waals surface area contributed by atoms with Crippen LogP contribution in [0.1, 0.15) is 40.2 Å². The first-order valence-electron chi connectivity index (χ1n) is 12.5. The summed E-state index contributed by atoms with van der Waals surface area (Å²) in [5, 5.41) is 0. The van der Waals surface area contributed by atoms with Crippen LogP contribution in [0.4, 0.5) is 0 Å². The normalized spacial score (nSPS) is 17.5. The maximum absolute atomic E-state index is 12.9. The number of esters is 1. The van der Waals surface area contributed by atoms with Crippen LogP contribution >= 0.6 is 0 Å². The van der Waals surface area contributed by atoms with Gasteiger partial charge in [-0.2, -0.15) is 8.42 Å². The highest BCUT2D eigenvalue weighted by Gasteiger charge is 2.28. The topological polar surface area (TPSA) is 125 Å². The highest BCUT2D eigenvalue weighted by Crippen LogP contribution is 2.32. The third-order valence-corrected chi connectivity index (χ3v) is 6.49. The van der Waals surface area contributed by atoms with Gasteiger partial charge >= 0.3 is 5.97 Å². The van der Waals surface area contributed by atoms with Gasteiger partial charge in [-0.25, -0.2) is 0 Å². The third-order valence-electron chi connectivity index (χ3n) is 6.49. The third kappa shape index (κ3) is 8.64. The number of carbonyl (C=O) groups excluding carboxylic acids is 3. The summed E-state index contributed by atoms with van der Waals surface area (Å²) in [6.07, 6.45) is 3.48. The van der Waals surface area contributed by atoms with E-state index in [1.165, 1.54) is 5.56 Å². The Labute approximate surface area is 223 Å².